The van der Waals surface area contributed by atoms with Gasteiger partial charge in [0.15, 0.2) is 0 Å². The van der Waals surface area contributed by atoms with Gasteiger partial charge in [0.2, 0.25) is 0 Å². The molecule has 11 rings (SSSR count). The number of aryl methyl sites for hydroxylation is 2. The van der Waals surface area contributed by atoms with Gasteiger partial charge in [0.25, 0.3) is 0 Å². The van der Waals surface area contributed by atoms with Gasteiger partial charge in [-0.2, -0.15) is 0 Å². The summed E-state index contributed by atoms with van der Waals surface area (Å²) in [6.07, 6.45) is 0. The molecule has 11 aromatic rings. The highest BCUT2D eigenvalue weighted by Gasteiger charge is 2.27. The number of nitrogens with zero attached hydrogens (tertiary/aromatic N) is 3. The van der Waals surface area contributed by atoms with Crippen LogP contribution in [0.25, 0.3) is 60.2 Å². The molecule has 0 atom stereocenters. The summed E-state index contributed by atoms with van der Waals surface area (Å²) in [4.78, 5) is 4.93. The summed E-state index contributed by atoms with van der Waals surface area (Å²) >= 11 is 0. The molecule has 69 heavy (non-hydrogen) atoms. The summed E-state index contributed by atoms with van der Waals surface area (Å²) in [5, 5.41) is 7.28. The molecule has 0 N–H and O–H groups in total. The molecule has 0 saturated heterocycles. The largest absolute Gasteiger partial charge is 0.310 e. The zero-order chi connectivity index (χ0) is 47.6. The fraction of sp³-hybridized carbons (Fsp3) is 0.152. The van der Waals surface area contributed by atoms with Gasteiger partial charge < -0.3 is 14.4 Å². The average molecular weight is 894 g/mol. The lowest BCUT2D eigenvalue weighted by molar-refractivity contribution is 0.590. The Kier molecular flexibility index (Phi) is 10.8. The van der Waals surface area contributed by atoms with Crippen molar-refractivity contribution < 1.29 is 0 Å². The van der Waals surface area contributed by atoms with Crippen molar-refractivity contribution in [3.05, 3.63) is 235 Å². The average Bonchev–Trinajstić information content (AvgIpc) is 3.69. The Morgan fingerprint density at radius 2 is 0.739 bits per heavy atom. The van der Waals surface area contributed by atoms with Crippen LogP contribution in [0.2, 0.25) is 0 Å². The summed E-state index contributed by atoms with van der Waals surface area (Å²) in [6, 6.07) is 79.1. The highest BCUT2D eigenvalue weighted by molar-refractivity contribution is 6.32. The second-order valence-corrected chi connectivity index (χ2v) is 20.9. The molecular weight excluding hydrogens is 835 g/mol. The Bertz CT molecular complexity index is 3490. The Labute approximate surface area is 407 Å². The van der Waals surface area contributed by atoms with Crippen LogP contribution in [0.15, 0.2) is 212 Å². The number of hydrogen-bond acceptors (Lipinski definition) is 2. The standard InChI is InChI=1S/C66H59N3/c1-44-19-16-24-52(39-44)67(50-35-31-48(32-36-50)65(3,4)5)59-42-61-63(57-29-14-12-27-55(57)59)64-58-30-15-13-28-56(58)60(43-62(64)69(61)54-26-18-23-47(41-54)46-21-10-9-11-22-46)68(53-25-17-20-45(2)40-53)51-37-33-49(34-38-51)66(6,7)8/h9-43H,1-8H3. The normalized spacial score (nSPS) is 12.1. The van der Waals surface area contributed by atoms with Crippen LogP contribution in [0.1, 0.15) is 63.8 Å². The second-order valence-electron chi connectivity index (χ2n) is 20.9. The predicted molar refractivity (Wildman–Crippen MR) is 297 cm³/mol. The van der Waals surface area contributed by atoms with Crippen molar-refractivity contribution in [1.29, 1.82) is 0 Å². The molecule has 10 aromatic carbocycles. The van der Waals surface area contributed by atoms with Crippen molar-refractivity contribution in [2.24, 2.45) is 0 Å². The van der Waals surface area contributed by atoms with Crippen molar-refractivity contribution in [2.45, 2.75) is 66.2 Å². The van der Waals surface area contributed by atoms with Gasteiger partial charge in [0, 0.05) is 50.0 Å². The summed E-state index contributed by atoms with van der Waals surface area (Å²) < 4.78 is 2.54. The molecule has 3 heteroatoms. The number of anilines is 6. The Morgan fingerprint density at radius 1 is 0.333 bits per heavy atom. The monoisotopic (exact) mass is 893 g/mol. The first-order valence-electron chi connectivity index (χ1n) is 24.3. The lowest BCUT2D eigenvalue weighted by Crippen LogP contribution is -2.13. The van der Waals surface area contributed by atoms with E-state index < -0.39 is 0 Å². The summed E-state index contributed by atoms with van der Waals surface area (Å²) in [5.41, 5.74) is 17.6. The SMILES string of the molecule is Cc1cccc(N(c2ccc(C(C)(C)C)cc2)c2cc3c(c4ccccc24)c2c4ccccc4c(N(c4ccc(C(C)(C)C)cc4)c4cccc(C)c4)cc2n3-c2cccc(-c3ccccc3)c2)c1. The molecule has 0 amide bonds. The molecule has 0 spiro atoms. The van der Waals surface area contributed by atoms with E-state index >= 15 is 0 Å². The van der Waals surface area contributed by atoms with E-state index in [1.54, 1.807) is 0 Å². The van der Waals surface area contributed by atoms with E-state index in [1.165, 1.54) is 65.7 Å². The zero-order valence-corrected chi connectivity index (χ0v) is 41.0. The van der Waals surface area contributed by atoms with Crippen molar-refractivity contribution in [3.8, 4) is 16.8 Å². The third kappa shape index (κ3) is 7.92. The maximum Gasteiger partial charge on any atom is 0.0568 e. The van der Waals surface area contributed by atoms with Crippen LogP contribution in [-0.2, 0) is 10.8 Å². The smallest absolute Gasteiger partial charge is 0.0568 e. The van der Waals surface area contributed by atoms with Gasteiger partial charge in [-0.1, -0.05) is 181 Å². The molecule has 1 heterocycles. The summed E-state index contributed by atoms with van der Waals surface area (Å²) in [5.74, 6) is 0. The molecule has 0 radical (unpaired) electrons. The van der Waals surface area contributed by atoms with Crippen molar-refractivity contribution in [2.75, 3.05) is 9.80 Å². The Hall–Kier alpha value is -7.88. The first-order valence-corrected chi connectivity index (χ1v) is 24.3. The Morgan fingerprint density at radius 3 is 1.17 bits per heavy atom. The van der Waals surface area contributed by atoms with Crippen LogP contribution in [-0.4, -0.2) is 4.57 Å². The number of hydrogen-bond donors (Lipinski definition) is 0. The van der Waals surface area contributed by atoms with Crippen LogP contribution < -0.4 is 9.80 Å². The molecule has 3 nitrogen and oxygen atoms in total. The fourth-order valence-corrected chi connectivity index (χ4v) is 10.4. The van der Waals surface area contributed by atoms with E-state index in [-0.39, 0.29) is 10.8 Å². The molecular formula is C66H59N3. The number of rotatable bonds is 8. The van der Waals surface area contributed by atoms with Crippen LogP contribution in [0.5, 0.6) is 0 Å². The van der Waals surface area contributed by atoms with E-state index in [1.807, 2.05) is 0 Å². The number of benzene rings is 10. The zero-order valence-electron chi connectivity index (χ0n) is 41.0. The van der Waals surface area contributed by atoms with E-state index in [2.05, 4.69) is 282 Å². The molecule has 0 aliphatic heterocycles. The van der Waals surface area contributed by atoms with Gasteiger partial charge in [-0.25, -0.2) is 0 Å². The van der Waals surface area contributed by atoms with Crippen molar-refractivity contribution in [3.63, 3.8) is 0 Å². The molecule has 0 aliphatic rings. The second kappa shape index (κ2) is 17.0. The minimum atomic E-state index is 0.0277. The lowest BCUT2D eigenvalue weighted by atomic mass is 9.87. The van der Waals surface area contributed by atoms with E-state index in [0.717, 1.165) is 50.8 Å². The highest BCUT2D eigenvalue weighted by atomic mass is 15.2. The fourth-order valence-electron chi connectivity index (χ4n) is 10.4. The van der Waals surface area contributed by atoms with E-state index in [0.29, 0.717) is 0 Å². The third-order valence-corrected chi connectivity index (χ3v) is 13.9. The Balaban J connectivity index is 1.29. The summed E-state index contributed by atoms with van der Waals surface area (Å²) in [6.45, 7) is 18.1. The molecule has 0 bridgehead atoms. The van der Waals surface area contributed by atoms with Crippen LogP contribution in [0.3, 0.4) is 0 Å². The van der Waals surface area contributed by atoms with Gasteiger partial charge in [-0.15, -0.1) is 0 Å². The molecule has 0 unspecified atom stereocenters. The molecule has 1 aromatic heterocycles. The minimum absolute atomic E-state index is 0.0277. The molecule has 0 fully saturated rings. The van der Waals surface area contributed by atoms with Crippen LogP contribution >= 0.6 is 0 Å². The van der Waals surface area contributed by atoms with Crippen molar-refractivity contribution >= 4 is 77.5 Å². The third-order valence-electron chi connectivity index (χ3n) is 13.9. The maximum atomic E-state index is 2.54. The molecule has 0 aliphatic carbocycles. The quantitative estimate of drug-likeness (QED) is 0.151. The topological polar surface area (TPSA) is 11.4 Å². The van der Waals surface area contributed by atoms with Gasteiger partial charge in [0.1, 0.15) is 0 Å². The highest BCUT2D eigenvalue weighted by Crippen LogP contribution is 2.50. The predicted octanol–water partition coefficient (Wildman–Crippen LogP) is 18.9. The van der Waals surface area contributed by atoms with Gasteiger partial charge in [-0.05, 0) is 142 Å². The summed E-state index contributed by atoms with van der Waals surface area (Å²) in [7, 11) is 0. The van der Waals surface area contributed by atoms with E-state index in [9.17, 15) is 0 Å². The number of aromatic nitrogens is 1. The molecule has 0 saturated carbocycles. The van der Waals surface area contributed by atoms with Gasteiger partial charge >= 0.3 is 0 Å². The van der Waals surface area contributed by atoms with Gasteiger partial charge in [-0.3, -0.25) is 0 Å². The van der Waals surface area contributed by atoms with Gasteiger partial charge in [0.05, 0.1) is 22.4 Å². The minimum Gasteiger partial charge on any atom is -0.310 e. The first-order chi connectivity index (χ1) is 33.3. The number of fused-ring (bicyclic) bond motifs is 7. The van der Waals surface area contributed by atoms with Crippen molar-refractivity contribution in [1.82, 2.24) is 4.57 Å². The lowest BCUT2D eigenvalue weighted by Gasteiger charge is -2.29. The maximum absolute atomic E-state index is 2.54. The first kappa shape index (κ1) is 43.7. The van der Waals surface area contributed by atoms with E-state index in [4.69, 9.17) is 0 Å². The van der Waals surface area contributed by atoms with Crippen LogP contribution in [0, 0.1) is 13.8 Å². The van der Waals surface area contributed by atoms with Crippen LogP contribution in [0.4, 0.5) is 34.1 Å². The molecule has 338 valence electrons.